The van der Waals surface area contributed by atoms with Gasteiger partial charge in [-0.25, -0.2) is 8.42 Å². The van der Waals surface area contributed by atoms with Crippen LogP contribution in [-0.4, -0.2) is 29.4 Å². The monoisotopic (exact) mass is 472 g/mol. The first-order valence-electron chi connectivity index (χ1n) is 12.5. The smallest absolute Gasteiger partial charge is 0.748 e. The van der Waals surface area contributed by atoms with Gasteiger partial charge < -0.3 is 9.66 Å². The van der Waals surface area contributed by atoms with Gasteiger partial charge in [-0.2, -0.15) is 0 Å². The number of hydrogen-bond donors (Lipinski definition) is 1. The van der Waals surface area contributed by atoms with Gasteiger partial charge in [-0.05, 0) is 25.7 Å². The fourth-order valence-corrected chi connectivity index (χ4v) is 4.84. The summed E-state index contributed by atoms with van der Waals surface area (Å²) in [6.07, 6.45) is 21.4. The molecular weight excluding hydrogens is 423 g/mol. The first kappa shape index (κ1) is 33.7. The molecule has 0 fully saturated rings. The molecule has 0 aliphatic carbocycles. The first-order chi connectivity index (χ1) is 13.9. The van der Waals surface area contributed by atoms with E-state index in [2.05, 4.69) is 6.92 Å². The van der Waals surface area contributed by atoms with Gasteiger partial charge in [0.25, 0.3) is 0 Å². The summed E-state index contributed by atoms with van der Waals surface area (Å²) in [6.45, 7) is 4.25. The third-order valence-electron chi connectivity index (χ3n) is 6.00. The van der Waals surface area contributed by atoms with Crippen LogP contribution in [-0.2, 0) is 10.1 Å². The van der Waals surface area contributed by atoms with E-state index in [1.165, 1.54) is 77.0 Å². The van der Waals surface area contributed by atoms with Crippen molar-refractivity contribution in [1.82, 2.24) is 0 Å². The second kappa shape index (κ2) is 23.7. The average Bonchev–Trinajstić information content (AvgIpc) is 2.67. The Balaban J connectivity index is 0. The maximum absolute atomic E-state index is 11.3. The van der Waals surface area contributed by atoms with E-state index in [0.29, 0.717) is 19.3 Å². The Morgan fingerprint density at radius 2 is 1.00 bits per heavy atom. The summed E-state index contributed by atoms with van der Waals surface area (Å²) in [7, 11) is -4.24. The van der Waals surface area contributed by atoms with Crippen LogP contribution in [0.5, 0.6) is 0 Å². The molecule has 0 aliphatic rings. The third kappa shape index (κ3) is 22.7. The number of rotatable bonds is 22. The van der Waals surface area contributed by atoms with Crippen molar-refractivity contribution in [2.24, 2.45) is 0 Å². The number of aliphatic hydroxyl groups excluding tert-OH is 1. The molecule has 0 aromatic rings. The predicted molar refractivity (Wildman–Crippen MR) is 123 cm³/mol. The van der Waals surface area contributed by atoms with Crippen molar-refractivity contribution in [2.45, 2.75) is 154 Å². The SMILES string of the molecule is CCCCCCCCCCCCCCCCC(O)CCC(CCCC)S(=O)(=O)[O-].[K+]. The summed E-state index contributed by atoms with van der Waals surface area (Å²) >= 11 is 0. The van der Waals surface area contributed by atoms with Crippen molar-refractivity contribution in [3.8, 4) is 0 Å². The van der Waals surface area contributed by atoms with Crippen molar-refractivity contribution in [3.05, 3.63) is 0 Å². The fourth-order valence-electron chi connectivity index (χ4n) is 3.96. The zero-order chi connectivity index (χ0) is 21.8. The first-order valence-corrected chi connectivity index (χ1v) is 14.0. The van der Waals surface area contributed by atoms with Crippen LogP contribution in [0, 0.1) is 0 Å². The normalized spacial score (nSPS) is 13.7. The molecule has 2 atom stereocenters. The van der Waals surface area contributed by atoms with Crippen molar-refractivity contribution < 1.29 is 69.5 Å². The summed E-state index contributed by atoms with van der Waals surface area (Å²) in [6, 6.07) is 0. The third-order valence-corrected chi connectivity index (χ3v) is 7.29. The van der Waals surface area contributed by atoms with E-state index >= 15 is 0 Å². The van der Waals surface area contributed by atoms with E-state index in [1.54, 1.807) is 0 Å². The molecule has 0 amide bonds. The van der Waals surface area contributed by atoms with Gasteiger partial charge in [-0.15, -0.1) is 0 Å². The summed E-state index contributed by atoms with van der Waals surface area (Å²) in [4.78, 5) is 0. The fraction of sp³-hybridized carbons (Fsp3) is 1.00. The molecule has 0 saturated heterocycles. The van der Waals surface area contributed by atoms with Crippen LogP contribution in [0.15, 0.2) is 0 Å². The molecular formula is C24H49KO4S. The van der Waals surface area contributed by atoms with E-state index in [1.807, 2.05) is 6.92 Å². The van der Waals surface area contributed by atoms with Crippen molar-refractivity contribution in [2.75, 3.05) is 0 Å². The molecule has 0 saturated carbocycles. The van der Waals surface area contributed by atoms with Crippen molar-refractivity contribution in [1.29, 1.82) is 0 Å². The molecule has 6 heteroatoms. The quantitative estimate of drug-likeness (QED) is 0.146. The van der Waals surface area contributed by atoms with E-state index in [4.69, 9.17) is 0 Å². The molecule has 0 rings (SSSR count). The maximum atomic E-state index is 11.3. The summed E-state index contributed by atoms with van der Waals surface area (Å²) in [5, 5.41) is 9.26. The molecule has 0 radical (unpaired) electrons. The molecule has 0 aromatic carbocycles. The van der Waals surface area contributed by atoms with Crippen LogP contribution in [0.25, 0.3) is 0 Å². The van der Waals surface area contributed by atoms with Gasteiger partial charge >= 0.3 is 51.4 Å². The van der Waals surface area contributed by atoms with E-state index in [9.17, 15) is 18.1 Å². The van der Waals surface area contributed by atoms with Gasteiger partial charge in [0.1, 0.15) is 0 Å². The molecule has 0 spiro atoms. The molecule has 0 heterocycles. The Hall–Kier alpha value is 1.51. The number of unbranched alkanes of at least 4 members (excludes halogenated alkanes) is 14. The van der Waals surface area contributed by atoms with Crippen LogP contribution < -0.4 is 51.4 Å². The summed E-state index contributed by atoms with van der Waals surface area (Å²) in [5.41, 5.74) is 0. The molecule has 176 valence electrons. The van der Waals surface area contributed by atoms with Gasteiger partial charge in [0, 0.05) is 5.25 Å². The average molecular weight is 473 g/mol. The van der Waals surface area contributed by atoms with Crippen LogP contribution in [0.2, 0.25) is 0 Å². The molecule has 0 bridgehead atoms. The van der Waals surface area contributed by atoms with E-state index in [-0.39, 0.29) is 51.4 Å². The zero-order valence-corrected chi connectivity index (χ0v) is 24.3. The largest absolute Gasteiger partial charge is 1.00 e. The molecule has 4 nitrogen and oxygen atoms in total. The van der Waals surface area contributed by atoms with Gasteiger partial charge in [-0.3, -0.25) is 0 Å². The van der Waals surface area contributed by atoms with E-state index in [0.717, 1.165) is 32.1 Å². The van der Waals surface area contributed by atoms with Gasteiger partial charge in [0.2, 0.25) is 0 Å². The number of hydrogen-bond acceptors (Lipinski definition) is 4. The van der Waals surface area contributed by atoms with Crippen LogP contribution in [0.1, 0.15) is 142 Å². The Labute approximate surface area is 230 Å². The molecule has 1 N–H and O–H groups in total. The predicted octanol–water partition coefficient (Wildman–Crippen LogP) is 4.11. The van der Waals surface area contributed by atoms with Crippen molar-refractivity contribution >= 4 is 10.1 Å². The van der Waals surface area contributed by atoms with E-state index < -0.39 is 21.5 Å². The van der Waals surface area contributed by atoms with Gasteiger partial charge in [0.05, 0.1) is 16.2 Å². The molecule has 2 unspecified atom stereocenters. The Morgan fingerprint density at radius 3 is 1.40 bits per heavy atom. The standard InChI is InChI=1S/C24H50O4S.K/c1-3-5-7-8-9-10-11-12-13-14-15-16-17-18-19-23(25)21-22-24(20-6-4-2)29(26,27)28;/h23-25H,3-22H2,1-2H3,(H,26,27,28);/q;+1/p-1. The van der Waals surface area contributed by atoms with Crippen LogP contribution in [0.3, 0.4) is 0 Å². The summed E-state index contributed by atoms with van der Waals surface area (Å²) in [5.74, 6) is 0. The second-order valence-electron chi connectivity index (χ2n) is 8.87. The maximum Gasteiger partial charge on any atom is 1.00 e. The molecule has 0 aromatic heterocycles. The second-order valence-corrected chi connectivity index (χ2v) is 10.5. The Kier molecular flexibility index (Phi) is 26.6. The zero-order valence-electron chi connectivity index (χ0n) is 20.4. The van der Waals surface area contributed by atoms with Crippen LogP contribution in [0.4, 0.5) is 0 Å². The summed E-state index contributed by atoms with van der Waals surface area (Å²) < 4.78 is 33.9. The topological polar surface area (TPSA) is 77.4 Å². The minimum absolute atomic E-state index is 0. The van der Waals surface area contributed by atoms with Gasteiger partial charge in [0.15, 0.2) is 0 Å². The van der Waals surface area contributed by atoms with Gasteiger partial charge in [-0.1, -0.05) is 117 Å². The minimum Gasteiger partial charge on any atom is -0.748 e. The Morgan fingerprint density at radius 1 is 0.600 bits per heavy atom. The molecule has 0 aliphatic heterocycles. The van der Waals surface area contributed by atoms with Crippen molar-refractivity contribution in [3.63, 3.8) is 0 Å². The molecule has 30 heavy (non-hydrogen) atoms. The minimum atomic E-state index is -4.24. The Bertz CT molecular complexity index is 442. The number of aliphatic hydroxyl groups is 1. The van der Waals surface area contributed by atoms with Crippen LogP contribution >= 0.6 is 0 Å².